The van der Waals surface area contributed by atoms with Gasteiger partial charge in [0, 0.05) is 23.5 Å². The molecular weight excluding hydrogens is 242 g/mol. The first-order valence-electron chi connectivity index (χ1n) is 6.46. The summed E-state index contributed by atoms with van der Waals surface area (Å²) < 4.78 is 11.0. The minimum Gasteiger partial charge on any atom is -0.497 e. The third kappa shape index (κ3) is 3.18. The molecule has 1 aliphatic rings. The highest BCUT2D eigenvalue weighted by Crippen LogP contribution is 2.49. The number of ether oxygens (including phenoxy) is 2. The second-order valence-electron chi connectivity index (χ2n) is 5.20. The van der Waals surface area contributed by atoms with Crippen molar-refractivity contribution < 1.29 is 14.6 Å². The Morgan fingerprint density at radius 1 is 1.47 bits per heavy atom. The van der Waals surface area contributed by atoms with Crippen molar-refractivity contribution >= 4 is 0 Å². The average molecular weight is 261 g/mol. The predicted molar refractivity (Wildman–Crippen MR) is 71.0 cm³/mol. The van der Waals surface area contributed by atoms with Crippen LogP contribution in [0.3, 0.4) is 0 Å². The molecule has 4 heteroatoms. The summed E-state index contributed by atoms with van der Waals surface area (Å²) in [7, 11) is 1.60. The number of hydrogen-bond acceptors (Lipinski definition) is 4. The molecule has 0 bridgehead atoms. The zero-order valence-corrected chi connectivity index (χ0v) is 11.3. The molecule has 0 spiro atoms. The molecule has 0 saturated heterocycles. The van der Waals surface area contributed by atoms with Gasteiger partial charge in [-0.1, -0.05) is 0 Å². The van der Waals surface area contributed by atoms with Crippen molar-refractivity contribution in [2.45, 2.75) is 32.3 Å². The predicted octanol–water partition coefficient (Wildman–Crippen LogP) is 2.82. The maximum atomic E-state index is 9.74. The van der Waals surface area contributed by atoms with E-state index in [2.05, 4.69) is 6.07 Å². The molecule has 19 heavy (non-hydrogen) atoms. The van der Waals surface area contributed by atoms with Crippen molar-refractivity contribution in [3.8, 4) is 17.6 Å². The Bertz CT molecular complexity index is 487. The second kappa shape index (κ2) is 5.50. The highest BCUT2D eigenvalue weighted by molar-refractivity contribution is 5.41. The topological polar surface area (TPSA) is 62.5 Å². The molecule has 2 rings (SSSR count). The van der Waals surface area contributed by atoms with E-state index in [0.29, 0.717) is 24.5 Å². The van der Waals surface area contributed by atoms with Gasteiger partial charge in [0.05, 0.1) is 25.9 Å². The minimum absolute atomic E-state index is 0.0216. The Morgan fingerprint density at radius 3 is 2.74 bits per heavy atom. The Labute approximate surface area is 113 Å². The van der Waals surface area contributed by atoms with Crippen LogP contribution in [-0.4, -0.2) is 18.8 Å². The van der Waals surface area contributed by atoms with Crippen LogP contribution in [0.2, 0.25) is 0 Å². The summed E-state index contributed by atoms with van der Waals surface area (Å²) in [5.41, 5.74) is 0.766. The highest BCUT2D eigenvalue weighted by Gasteiger charge is 2.43. The van der Waals surface area contributed by atoms with Gasteiger partial charge in [-0.15, -0.1) is 0 Å². The minimum atomic E-state index is -0.591. The summed E-state index contributed by atoms with van der Waals surface area (Å²) in [6.45, 7) is 2.23. The van der Waals surface area contributed by atoms with E-state index in [-0.39, 0.29) is 5.41 Å². The van der Waals surface area contributed by atoms with E-state index < -0.39 is 6.10 Å². The van der Waals surface area contributed by atoms with Gasteiger partial charge < -0.3 is 14.6 Å². The van der Waals surface area contributed by atoms with Gasteiger partial charge in [-0.3, -0.25) is 0 Å². The Hall–Kier alpha value is -1.73. The zero-order chi connectivity index (χ0) is 13.9. The number of nitrogens with zero attached hydrogens (tertiary/aromatic N) is 1. The zero-order valence-electron chi connectivity index (χ0n) is 11.3. The highest BCUT2D eigenvalue weighted by atomic mass is 16.5. The van der Waals surface area contributed by atoms with E-state index >= 15 is 0 Å². The number of methoxy groups -OCH3 is 1. The van der Waals surface area contributed by atoms with Crippen LogP contribution in [0.5, 0.6) is 11.5 Å². The van der Waals surface area contributed by atoms with Gasteiger partial charge in [0.2, 0.25) is 0 Å². The van der Waals surface area contributed by atoms with Crippen molar-refractivity contribution in [1.82, 2.24) is 0 Å². The van der Waals surface area contributed by atoms with Crippen LogP contribution >= 0.6 is 0 Å². The largest absolute Gasteiger partial charge is 0.497 e. The molecule has 102 valence electrons. The van der Waals surface area contributed by atoms with Crippen LogP contribution in [-0.2, 0) is 0 Å². The molecule has 1 aromatic carbocycles. The maximum absolute atomic E-state index is 9.74. The Balaban J connectivity index is 2.12. The molecule has 1 atom stereocenters. The van der Waals surface area contributed by atoms with Gasteiger partial charge in [0.15, 0.2) is 0 Å². The van der Waals surface area contributed by atoms with Crippen molar-refractivity contribution in [1.29, 1.82) is 5.26 Å². The number of aliphatic hydroxyl groups is 1. The van der Waals surface area contributed by atoms with Crippen LogP contribution in [0, 0.1) is 16.7 Å². The lowest BCUT2D eigenvalue weighted by atomic mass is 10.1. The third-order valence-electron chi connectivity index (χ3n) is 3.62. The average Bonchev–Trinajstić information content (AvgIpc) is 3.16. The maximum Gasteiger partial charge on any atom is 0.128 e. The lowest BCUT2D eigenvalue weighted by Gasteiger charge is -2.17. The van der Waals surface area contributed by atoms with E-state index in [4.69, 9.17) is 14.7 Å². The lowest BCUT2D eigenvalue weighted by Crippen LogP contribution is -2.13. The quantitative estimate of drug-likeness (QED) is 0.855. The summed E-state index contributed by atoms with van der Waals surface area (Å²) in [6, 6.07) is 7.61. The first-order chi connectivity index (χ1) is 9.10. The summed E-state index contributed by atoms with van der Waals surface area (Å²) in [5, 5.41) is 18.5. The molecule has 0 heterocycles. The Morgan fingerprint density at radius 2 is 2.21 bits per heavy atom. The summed E-state index contributed by atoms with van der Waals surface area (Å²) in [6.07, 6.45) is 2.01. The fraction of sp³-hybridized carbons (Fsp3) is 0.533. The van der Waals surface area contributed by atoms with Gasteiger partial charge >= 0.3 is 0 Å². The fourth-order valence-electron chi connectivity index (χ4n) is 2.06. The van der Waals surface area contributed by atoms with Gasteiger partial charge in [-0.05, 0) is 31.9 Å². The molecule has 1 aliphatic carbocycles. The summed E-state index contributed by atoms with van der Waals surface area (Å²) >= 11 is 0. The van der Waals surface area contributed by atoms with Crippen molar-refractivity contribution in [3.63, 3.8) is 0 Å². The van der Waals surface area contributed by atoms with Crippen LogP contribution in [0.1, 0.15) is 37.9 Å². The molecule has 4 nitrogen and oxygen atoms in total. The Kier molecular flexibility index (Phi) is 3.96. The smallest absolute Gasteiger partial charge is 0.128 e. The molecule has 1 N–H and O–H groups in total. The van der Waals surface area contributed by atoms with E-state index in [9.17, 15) is 5.11 Å². The molecule has 0 radical (unpaired) electrons. The number of rotatable bonds is 6. The van der Waals surface area contributed by atoms with Gasteiger partial charge in [0.25, 0.3) is 0 Å². The molecular formula is C15H19NO3. The first kappa shape index (κ1) is 13.7. The SMILES string of the molecule is COc1ccc([C@@H](C)O)c(OCC2(CC#N)CC2)c1. The van der Waals surface area contributed by atoms with E-state index in [1.807, 2.05) is 6.07 Å². The second-order valence-corrected chi connectivity index (χ2v) is 5.20. The fourth-order valence-corrected chi connectivity index (χ4v) is 2.06. The standard InChI is InChI=1S/C15H19NO3/c1-11(17)13-4-3-12(18-2)9-14(13)19-10-15(5-6-15)7-8-16/h3-4,9,11,17H,5-7,10H2,1-2H3/t11-/m1/s1. The lowest BCUT2D eigenvalue weighted by molar-refractivity contribution is 0.183. The van der Waals surface area contributed by atoms with Crippen molar-refractivity contribution in [3.05, 3.63) is 23.8 Å². The number of nitriles is 1. The third-order valence-corrected chi connectivity index (χ3v) is 3.62. The molecule has 0 amide bonds. The molecule has 1 saturated carbocycles. The van der Waals surface area contributed by atoms with Gasteiger partial charge in [-0.2, -0.15) is 5.26 Å². The van der Waals surface area contributed by atoms with Crippen LogP contribution in [0.15, 0.2) is 18.2 Å². The molecule has 0 aromatic heterocycles. The van der Waals surface area contributed by atoms with E-state index in [0.717, 1.165) is 18.4 Å². The summed E-state index contributed by atoms with van der Waals surface area (Å²) in [5.74, 6) is 1.34. The van der Waals surface area contributed by atoms with E-state index in [1.54, 1.807) is 26.2 Å². The molecule has 1 aromatic rings. The number of hydrogen-bond donors (Lipinski definition) is 1. The van der Waals surface area contributed by atoms with Crippen molar-refractivity contribution in [2.24, 2.45) is 5.41 Å². The van der Waals surface area contributed by atoms with Gasteiger partial charge in [-0.25, -0.2) is 0 Å². The summed E-state index contributed by atoms with van der Waals surface area (Å²) in [4.78, 5) is 0. The molecule has 0 unspecified atom stereocenters. The van der Waals surface area contributed by atoms with Gasteiger partial charge in [0.1, 0.15) is 11.5 Å². The van der Waals surface area contributed by atoms with E-state index in [1.165, 1.54) is 0 Å². The number of aliphatic hydroxyl groups excluding tert-OH is 1. The normalized spacial score (nSPS) is 17.4. The van der Waals surface area contributed by atoms with Crippen LogP contribution in [0.25, 0.3) is 0 Å². The monoisotopic (exact) mass is 261 g/mol. The number of benzene rings is 1. The molecule has 0 aliphatic heterocycles. The molecule has 1 fully saturated rings. The first-order valence-corrected chi connectivity index (χ1v) is 6.46. The van der Waals surface area contributed by atoms with Crippen LogP contribution in [0.4, 0.5) is 0 Å². The van der Waals surface area contributed by atoms with Crippen LogP contribution < -0.4 is 9.47 Å². The van der Waals surface area contributed by atoms with Crippen molar-refractivity contribution in [2.75, 3.05) is 13.7 Å².